The number of anilines is 1. The predicted molar refractivity (Wildman–Crippen MR) is 75.1 cm³/mol. The maximum atomic E-state index is 13.6. The van der Waals surface area contributed by atoms with Gasteiger partial charge in [0.15, 0.2) is 0 Å². The summed E-state index contributed by atoms with van der Waals surface area (Å²) in [5.41, 5.74) is 6.96. The summed E-state index contributed by atoms with van der Waals surface area (Å²) in [6.45, 7) is 0.107. The van der Waals surface area contributed by atoms with Crippen LogP contribution in [0.2, 0.25) is 0 Å². The molecule has 0 heterocycles. The molecule has 0 aliphatic heterocycles. The van der Waals surface area contributed by atoms with E-state index in [4.69, 9.17) is 10.5 Å². The predicted octanol–water partition coefficient (Wildman–Crippen LogP) is 3.14. The number of ether oxygens (including phenoxy) is 1. The molecule has 2 aromatic rings. The van der Waals surface area contributed by atoms with Gasteiger partial charge in [-0.15, -0.1) is 0 Å². The molecule has 0 aliphatic carbocycles. The van der Waals surface area contributed by atoms with Crippen LogP contribution in [-0.2, 0) is 6.54 Å². The van der Waals surface area contributed by atoms with Crippen LogP contribution in [0.5, 0.6) is 11.5 Å². The number of halogens is 1. The second-order valence-electron chi connectivity index (χ2n) is 4.41. The van der Waals surface area contributed by atoms with Crippen LogP contribution in [0.4, 0.5) is 10.1 Å². The van der Waals surface area contributed by atoms with Crippen molar-refractivity contribution in [3.05, 3.63) is 53.8 Å². The van der Waals surface area contributed by atoms with Crippen molar-refractivity contribution < 1.29 is 9.13 Å². The Kier molecular flexibility index (Phi) is 4.02. The molecule has 0 radical (unpaired) electrons. The van der Waals surface area contributed by atoms with Gasteiger partial charge in [-0.2, -0.15) is 0 Å². The van der Waals surface area contributed by atoms with E-state index >= 15 is 0 Å². The molecule has 0 amide bonds. The van der Waals surface area contributed by atoms with E-state index in [1.807, 2.05) is 43.3 Å². The SMILES string of the molecule is CN(C)c1cccc(Oc2cccc(F)c2CN)c1. The number of hydrogen-bond acceptors (Lipinski definition) is 3. The highest BCUT2D eigenvalue weighted by atomic mass is 19.1. The van der Waals surface area contributed by atoms with Crippen molar-refractivity contribution in [1.82, 2.24) is 0 Å². The van der Waals surface area contributed by atoms with Crippen LogP contribution in [0, 0.1) is 5.82 Å². The molecule has 100 valence electrons. The number of nitrogens with zero attached hydrogens (tertiary/aromatic N) is 1. The summed E-state index contributed by atoms with van der Waals surface area (Å²) in [5.74, 6) is 0.772. The smallest absolute Gasteiger partial charge is 0.134 e. The second kappa shape index (κ2) is 5.71. The standard InChI is InChI=1S/C15H17FN2O/c1-18(2)11-5-3-6-12(9-11)19-15-8-4-7-14(16)13(15)10-17/h3-9H,10,17H2,1-2H3. The van der Waals surface area contributed by atoms with Crippen LogP contribution >= 0.6 is 0 Å². The zero-order chi connectivity index (χ0) is 13.8. The molecule has 4 heteroatoms. The first-order valence-corrected chi connectivity index (χ1v) is 6.04. The first-order chi connectivity index (χ1) is 9.11. The third kappa shape index (κ3) is 3.03. The maximum Gasteiger partial charge on any atom is 0.134 e. The number of hydrogen-bond donors (Lipinski definition) is 1. The summed E-state index contributed by atoms with van der Waals surface area (Å²) >= 11 is 0. The summed E-state index contributed by atoms with van der Waals surface area (Å²) in [4.78, 5) is 1.97. The van der Waals surface area contributed by atoms with Crippen molar-refractivity contribution in [2.75, 3.05) is 19.0 Å². The molecule has 0 atom stereocenters. The third-order valence-corrected chi connectivity index (χ3v) is 2.84. The molecule has 0 spiro atoms. The lowest BCUT2D eigenvalue weighted by Crippen LogP contribution is -2.08. The molecule has 0 saturated heterocycles. The van der Waals surface area contributed by atoms with Crippen LogP contribution in [0.15, 0.2) is 42.5 Å². The highest BCUT2D eigenvalue weighted by Gasteiger charge is 2.09. The average Bonchev–Trinajstić information content (AvgIpc) is 2.39. The van der Waals surface area contributed by atoms with Crippen LogP contribution in [0.25, 0.3) is 0 Å². The average molecular weight is 260 g/mol. The topological polar surface area (TPSA) is 38.5 Å². The van der Waals surface area contributed by atoms with E-state index in [1.54, 1.807) is 12.1 Å². The molecule has 19 heavy (non-hydrogen) atoms. The molecular weight excluding hydrogens is 243 g/mol. The molecule has 0 bridgehead atoms. The fourth-order valence-corrected chi connectivity index (χ4v) is 1.78. The quantitative estimate of drug-likeness (QED) is 0.917. The van der Waals surface area contributed by atoms with Crippen LogP contribution < -0.4 is 15.4 Å². The summed E-state index contributed by atoms with van der Waals surface area (Å²) in [6.07, 6.45) is 0. The summed E-state index contributed by atoms with van der Waals surface area (Å²) in [7, 11) is 3.90. The molecule has 2 aromatic carbocycles. The number of rotatable bonds is 4. The normalized spacial score (nSPS) is 10.3. The van der Waals surface area contributed by atoms with E-state index in [-0.39, 0.29) is 12.4 Å². The van der Waals surface area contributed by atoms with Gasteiger partial charge >= 0.3 is 0 Å². The monoisotopic (exact) mass is 260 g/mol. The lowest BCUT2D eigenvalue weighted by atomic mass is 10.2. The van der Waals surface area contributed by atoms with Gasteiger partial charge in [-0.3, -0.25) is 0 Å². The molecule has 3 nitrogen and oxygen atoms in total. The van der Waals surface area contributed by atoms with Gasteiger partial charge in [0, 0.05) is 38.0 Å². The van der Waals surface area contributed by atoms with Crippen molar-refractivity contribution in [2.24, 2.45) is 5.73 Å². The molecular formula is C15H17FN2O. The highest BCUT2D eigenvalue weighted by Crippen LogP contribution is 2.28. The van der Waals surface area contributed by atoms with Crippen LogP contribution in [-0.4, -0.2) is 14.1 Å². The van der Waals surface area contributed by atoms with E-state index in [0.717, 1.165) is 5.69 Å². The maximum absolute atomic E-state index is 13.6. The fraction of sp³-hybridized carbons (Fsp3) is 0.200. The number of benzene rings is 2. The Morgan fingerprint density at radius 3 is 2.58 bits per heavy atom. The lowest BCUT2D eigenvalue weighted by molar-refractivity contribution is 0.467. The minimum Gasteiger partial charge on any atom is -0.457 e. The zero-order valence-electron chi connectivity index (χ0n) is 11.1. The minimum atomic E-state index is -0.344. The highest BCUT2D eigenvalue weighted by molar-refractivity contribution is 5.50. The molecule has 0 aliphatic rings. The molecule has 0 saturated carbocycles. The van der Waals surface area contributed by atoms with Crippen LogP contribution in [0.3, 0.4) is 0 Å². The molecule has 2 rings (SSSR count). The Hall–Kier alpha value is -2.07. The third-order valence-electron chi connectivity index (χ3n) is 2.84. The summed E-state index contributed by atoms with van der Waals surface area (Å²) < 4.78 is 19.3. The minimum absolute atomic E-state index is 0.107. The Bertz CT molecular complexity index is 570. The zero-order valence-corrected chi connectivity index (χ0v) is 11.1. The Balaban J connectivity index is 2.31. The van der Waals surface area contributed by atoms with E-state index in [2.05, 4.69) is 0 Å². The van der Waals surface area contributed by atoms with Gasteiger partial charge in [-0.25, -0.2) is 4.39 Å². The fourth-order valence-electron chi connectivity index (χ4n) is 1.78. The summed E-state index contributed by atoms with van der Waals surface area (Å²) in [6, 6.07) is 12.3. The molecule has 0 aromatic heterocycles. The van der Waals surface area contributed by atoms with Gasteiger partial charge in [-0.1, -0.05) is 12.1 Å². The van der Waals surface area contributed by atoms with Gasteiger partial charge in [-0.05, 0) is 24.3 Å². The molecule has 2 N–H and O–H groups in total. The van der Waals surface area contributed by atoms with E-state index in [0.29, 0.717) is 17.1 Å². The van der Waals surface area contributed by atoms with Gasteiger partial charge in [0.05, 0.1) is 0 Å². The van der Waals surface area contributed by atoms with E-state index in [1.165, 1.54) is 6.07 Å². The second-order valence-corrected chi connectivity index (χ2v) is 4.41. The first-order valence-electron chi connectivity index (χ1n) is 6.04. The Labute approximate surface area is 112 Å². The van der Waals surface area contributed by atoms with Crippen LogP contribution in [0.1, 0.15) is 5.56 Å². The van der Waals surface area contributed by atoms with Crippen molar-refractivity contribution in [2.45, 2.75) is 6.54 Å². The van der Waals surface area contributed by atoms with Crippen molar-refractivity contribution in [3.63, 3.8) is 0 Å². The Morgan fingerprint density at radius 2 is 1.89 bits per heavy atom. The van der Waals surface area contributed by atoms with E-state index < -0.39 is 0 Å². The van der Waals surface area contributed by atoms with Gasteiger partial charge in [0.2, 0.25) is 0 Å². The van der Waals surface area contributed by atoms with Crippen molar-refractivity contribution in [3.8, 4) is 11.5 Å². The number of nitrogens with two attached hydrogens (primary N) is 1. The first kappa shape index (κ1) is 13.4. The largest absolute Gasteiger partial charge is 0.457 e. The molecule has 0 unspecified atom stereocenters. The molecule has 0 fully saturated rings. The van der Waals surface area contributed by atoms with Gasteiger partial charge < -0.3 is 15.4 Å². The van der Waals surface area contributed by atoms with Gasteiger partial charge in [0.1, 0.15) is 17.3 Å². The van der Waals surface area contributed by atoms with E-state index in [9.17, 15) is 4.39 Å². The lowest BCUT2D eigenvalue weighted by Gasteiger charge is -2.15. The Morgan fingerprint density at radius 1 is 1.16 bits per heavy atom. The van der Waals surface area contributed by atoms with Crippen molar-refractivity contribution in [1.29, 1.82) is 0 Å². The van der Waals surface area contributed by atoms with Crippen molar-refractivity contribution >= 4 is 5.69 Å². The summed E-state index contributed by atoms with van der Waals surface area (Å²) in [5, 5.41) is 0. The van der Waals surface area contributed by atoms with Gasteiger partial charge in [0.25, 0.3) is 0 Å².